The normalized spacial score (nSPS) is 10.7. The number of pyridine rings is 1. The zero-order valence-electron chi connectivity index (χ0n) is 20.5. The number of hydrogen-bond donors (Lipinski definition) is 1. The van der Waals surface area contributed by atoms with Crippen LogP contribution in [0.1, 0.15) is 22.8 Å². The van der Waals surface area contributed by atoms with Crippen molar-refractivity contribution in [3.05, 3.63) is 94.0 Å². The molecular formula is C28H25FN2O6. The van der Waals surface area contributed by atoms with Gasteiger partial charge in [-0.3, -0.25) is 14.4 Å². The summed E-state index contributed by atoms with van der Waals surface area (Å²) in [4.78, 5) is 39.5. The van der Waals surface area contributed by atoms with Crippen molar-refractivity contribution < 1.29 is 28.2 Å². The molecular weight excluding hydrogens is 479 g/mol. The van der Waals surface area contributed by atoms with Crippen LogP contribution in [-0.4, -0.2) is 37.1 Å². The summed E-state index contributed by atoms with van der Waals surface area (Å²) in [5.74, 6) is -0.0554. The highest BCUT2D eigenvalue weighted by Gasteiger charge is 2.19. The second-order valence-electron chi connectivity index (χ2n) is 8.07. The number of aromatic nitrogens is 1. The van der Waals surface area contributed by atoms with Crippen molar-refractivity contribution in [1.82, 2.24) is 4.57 Å². The Morgan fingerprint density at radius 1 is 0.946 bits per heavy atom. The molecule has 9 heteroatoms. The molecule has 0 bridgehead atoms. The first-order chi connectivity index (χ1) is 17.8. The minimum Gasteiger partial charge on any atom is -0.494 e. The monoisotopic (exact) mass is 504 g/mol. The third-order valence-corrected chi connectivity index (χ3v) is 5.69. The van der Waals surface area contributed by atoms with Crippen LogP contribution in [0.2, 0.25) is 0 Å². The highest BCUT2D eigenvalue weighted by molar-refractivity contribution is 6.10. The molecule has 3 aromatic carbocycles. The number of nitrogens with zero attached hydrogens (tertiary/aromatic N) is 1. The van der Waals surface area contributed by atoms with Crippen LogP contribution >= 0.6 is 0 Å². The maximum atomic E-state index is 13.4. The lowest BCUT2D eigenvalue weighted by Crippen LogP contribution is -2.24. The molecule has 1 amide bonds. The van der Waals surface area contributed by atoms with E-state index in [-0.39, 0.29) is 23.1 Å². The first-order valence-corrected chi connectivity index (χ1v) is 11.5. The van der Waals surface area contributed by atoms with E-state index in [9.17, 15) is 18.8 Å². The minimum atomic E-state index is -0.581. The van der Waals surface area contributed by atoms with Crippen LogP contribution in [0.25, 0.3) is 10.9 Å². The van der Waals surface area contributed by atoms with Crippen molar-refractivity contribution in [2.75, 3.05) is 26.1 Å². The van der Waals surface area contributed by atoms with Crippen LogP contribution in [0, 0.1) is 5.82 Å². The summed E-state index contributed by atoms with van der Waals surface area (Å²) in [7, 11) is 3.01. The van der Waals surface area contributed by atoms with Crippen LogP contribution in [0.5, 0.6) is 17.2 Å². The number of methoxy groups -OCH3 is 2. The summed E-state index contributed by atoms with van der Waals surface area (Å²) in [5, 5.41) is 3.01. The van der Waals surface area contributed by atoms with E-state index in [1.54, 1.807) is 36.4 Å². The number of carbonyl (C=O) groups is 2. The Bertz CT molecular complexity index is 1530. The highest BCUT2D eigenvalue weighted by Crippen LogP contribution is 2.30. The van der Waals surface area contributed by atoms with Crippen molar-refractivity contribution in [1.29, 1.82) is 0 Å². The van der Waals surface area contributed by atoms with Gasteiger partial charge in [-0.1, -0.05) is 0 Å². The summed E-state index contributed by atoms with van der Waals surface area (Å²) in [6.07, 6.45) is 1.35. The zero-order valence-corrected chi connectivity index (χ0v) is 20.5. The van der Waals surface area contributed by atoms with Crippen molar-refractivity contribution in [3.8, 4) is 17.2 Å². The van der Waals surface area contributed by atoms with Crippen molar-refractivity contribution in [3.63, 3.8) is 0 Å². The van der Waals surface area contributed by atoms with Crippen LogP contribution in [0.4, 0.5) is 10.1 Å². The average Bonchev–Trinajstić information content (AvgIpc) is 2.90. The fraction of sp³-hybridized carbons (Fsp3) is 0.179. The zero-order chi connectivity index (χ0) is 26.5. The largest absolute Gasteiger partial charge is 0.494 e. The molecule has 8 nitrogen and oxygen atoms in total. The smallest absolute Gasteiger partial charge is 0.244 e. The number of hydrogen-bond acceptors (Lipinski definition) is 6. The predicted molar refractivity (Wildman–Crippen MR) is 137 cm³/mol. The van der Waals surface area contributed by atoms with Crippen molar-refractivity contribution in [2.45, 2.75) is 13.5 Å². The maximum Gasteiger partial charge on any atom is 0.244 e. The van der Waals surface area contributed by atoms with Crippen molar-refractivity contribution in [2.24, 2.45) is 0 Å². The molecule has 37 heavy (non-hydrogen) atoms. The van der Waals surface area contributed by atoms with Gasteiger partial charge < -0.3 is 24.1 Å². The van der Waals surface area contributed by atoms with Gasteiger partial charge in [0.05, 0.1) is 37.3 Å². The van der Waals surface area contributed by atoms with Crippen LogP contribution < -0.4 is 25.0 Å². The van der Waals surface area contributed by atoms with Crippen molar-refractivity contribution >= 4 is 28.3 Å². The van der Waals surface area contributed by atoms with Gasteiger partial charge in [0.25, 0.3) is 0 Å². The minimum absolute atomic E-state index is 0.147. The number of halogens is 1. The number of benzene rings is 3. The van der Waals surface area contributed by atoms with E-state index in [0.717, 1.165) is 12.1 Å². The molecule has 0 aliphatic carbocycles. The predicted octanol–water partition coefficient (Wildman–Crippen LogP) is 4.43. The third kappa shape index (κ3) is 5.45. The van der Waals surface area contributed by atoms with Gasteiger partial charge in [0, 0.05) is 23.5 Å². The first-order valence-electron chi connectivity index (χ1n) is 11.5. The van der Waals surface area contributed by atoms with Crippen LogP contribution in [0.15, 0.2) is 71.7 Å². The maximum absolute atomic E-state index is 13.4. The van der Waals surface area contributed by atoms with Gasteiger partial charge >= 0.3 is 0 Å². The number of rotatable bonds is 9. The number of amides is 1. The molecule has 0 saturated carbocycles. The second-order valence-corrected chi connectivity index (χ2v) is 8.07. The number of carbonyl (C=O) groups excluding carboxylic acids is 2. The van der Waals surface area contributed by atoms with E-state index < -0.39 is 22.9 Å². The summed E-state index contributed by atoms with van der Waals surface area (Å²) in [5.41, 5.74) is 0.426. The number of nitrogens with one attached hydrogen (secondary N) is 1. The summed E-state index contributed by atoms with van der Waals surface area (Å²) in [6.45, 7) is 2.01. The molecule has 1 aromatic heterocycles. The fourth-order valence-electron chi connectivity index (χ4n) is 3.95. The number of fused-ring (bicyclic) bond motifs is 1. The van der Waals surface area contributed by atoms with E-state index in [2.05, 4.69) is 5.32 Å². The lowest BCUT2D eigenvalue weighted by molar-refractivity contribution is -0.116. The quantitative estimate of drug-likeness (QED) is 0.339. The Labute approximate surface area is 212 Å². The first kappa shape index (κ1) is 25.4. The molecule has 0 aliphatic rings. The Hall–Kier alpha value is -4.66. The van der Waals surface area contributed by atoms with Gasteiger partial charge in [0.15, 0.2) is 17.3 Å². The third-order valence-electron chi connectivity index (χ3n) is 5.69. The number of anilines is 1. The SMILES string of the molecule is CCOc1ccc2c(c1)c(=O)c(C(=O)c1ccc(F)cc1)cn2CC(=O)Nc1ccc(OC)c(OC)c1. The Balaban J connectivity index is 1.74. The van der Waals surface area contributed by atoms with Crippen LogP contribution in [-0.2, 0) is 11.3 Å². The van der Waals surface area contributed by atoms with Gasteiger partial charge in [0.1, 0.15) is 18.1 Å². The number of ether oxygens (including phenoxy) is 3. The average molecular weight is 505 g/mol. The number of ketones is 1. The summed E-state index contributed by atoms with van der Waals surface area (Å²) >= 11 is 0. The van der Waals surface area contributed by atoms with Gasteiger partial charge in [-0.05, 0) is 61.5 Å². The standard InChI is InChI=1S/C28H25FN2O6/c1-4-37-20-10-11-23-21(14-20)28(34)22(27(33)17-5-7-18(29)8-6-17)15-31(23)16-26(32)30-19-9-12-24(35-2)25(13-19)36-3/h5-15H,4,16H2,1-3H3,(H,30,32). The van der Waals surface area contributed by atoms with E-state index >= 15 is 0 Å². The lowest BCUT2D eigenvalue weighted by Gasteiger charge is -2.15. The van der Waals surface area contributed by atoms with E-state index in [1.165, 1.54) is 37.1 Å². The molecule has 1 heterocycles. The second kappa shape index (κ2) is 10.9. The lowest BCUT2D eigenvalue weighted by atomic mass is 10.0. The fourth-order valence-corrected chi connectivity index (χ4v) is 3.95. The molecule has 4 aromatic rings. The van der Waals surface area contributed by atoms with E-state index in [4.69, 9.17) is 14.2 Å². The van der Waals surface area contributed by atoms with Gasteiger partial charge in [0.2, 0.25) is 11.3 Å². The molecule has 0 atom stereocenters. The van der Waals surface area contributed by atoms with E-state index in [0.29, 0.717) is 35.1 Å². The highest BCUT2D eigenvalue weighted by atomic mass is 19.1. The van der Waals surface area contributed by atoms with E-state index in [1.807, 2.05) is 6.92 Å². The molecule has 0 aliphatic heterocycles. The molecule has 4 rings (SSSR count). The molecule has 0 radical (unpaired) electrons. The topological polar surface area (TPSA) is 95.9 Å². The molecule has 0 saturated heterocycles. The Kier molecular flexibility index (Phi) is 7.52. The van der Waals surface area contributed by atoms with Crippen LogP contribution in [0.3, 0.4) is 0 Å². The van der Waals surface area contributed by atoms with Gasteiger partial charge in [-0.25, -0.2) is 4.39 Å². The Morgan fingerprint density at radius 3 is 2.35 bits per heavy atom. The Morgan fingerprint density at radius 2 is 1.68 bits per heavy atom. The molecule has 0 spiro atoms. The summed E-state index contributed by atoms with van der Waals surface area (Å²) in [6, 6.07) is 14.8. The summed E-state index contributed by atoms with van der Waals surface area (Å²) < 4.78 is 30.9. The molecule has 0 unspecified atom stereocenters. The molecule has 1 N–H and O–H groups in total. The molecule has 190 valence electrons. The molecule has 0 fully saturated rings. The van der Waals surface area contributed by atoms with Gasteiger partial charge in [-0.15, -0.1) is 0 Å². The van der Waals surface area contributed by atoms with Gasteiger partial charge in [-0.2, -0.15) is 0 Å².